The molecule has 0 saturated carbocycles. The number of H-pyrrole nitrogens is 2. The van der Waals surface area contributed by atoms with Gasteiger partial charge in [0.05, 0.1) is 101 Å². The van der Waals surface area contributed by atoms with Crippen molar-refractivity contribution in [2.75, 3.05) is 56.9 Å². The number of nitriles is 8. The molecule has 24 heteroatoms. The van der Waals surface area contributed by atoms with Crippen LogP contribution in [-0.2, 0) is 0 Å². The molecule has 0 radical (unpaired) electrons. The first kappa shape index (κ1) is 64.8. The third kappa shape index (κ3) is 8.02. The zero-order valence-corrected chi connectivity index (χ0v) is 60.4. The van der Waals surface area contributed by atoms with E-state index in [0.717, 1.165) is 89.0 Å². The highest BCUT2D eigenvalue weighted by atomic mass is 16.5. The van der Waals surface area contributed by atoms with Gasteiger partial charge in [0.2, 0.25) is 0 Å². The second-order valence-corrected chi connectivity index (χ2v) is 28.7. The van der Waals surface area contributed by atoms with Gasteiger partial charge in [0.15, 0.2) is 69.3 Å². The van der Waals surface area contributed by atoms with Gasteiger partial charge in [0.1, 0.15) is 71.1 Å². The van der Waals surface area contributed by atoms with E-state index in [1.165, 1.54) is 0 Å². The van der Waals surface area contributed by atoms with Gasteiger partial charge in [-0.25, -0.2) is 29.9 Å². The van der Waals surface area contributed by atoms with Crippen LogP contribution < -0.4 is 37.9 Å². The molecule has 16 bridgehead atoms. The summed E-state index contributed by atoms with van der Waals surface area (Å²) in [4.78, 5) is 42.7. The topological polar surface area (TPSA) is 373 Å². The molecule has 25 rings (SSSR count). The van der Waals surface area contributed by atoms with Crippen LogP contribution in [0.15, 0.2) is 97.1 Å². The van der Waals surface area contributed by atoms with Crippen molar-refractivity contribution >= 4 is 44.9 Å². The first-order valence-electron chi connectivity index (χ1n) is 35.5. The molecule has 5 heterocycles. The summed E-state index contributed by atoms with van der Waals surface area (Å²) in [6, 6.07) is 48.2. The van der Waals surface area contributed by atoms with Crippen molar-refractivity contribution in [3.8, 4) is 94.5 Å². The number of hydrogen-bond acceptors (Lipinski definition) is 22. The average Bonchev–Trinajstić information content (AvgIpc) is 1.42. The smallest absolute Gasteiger partial charge is 0.161 e. The summed E-state index contributed by atoms with van der Waals surface area (Å²) < 4.78 is 48.8. The lowest BCUT2D eigenvalue weighted by atomic mass is 9.60. The summed E-state index contributed by atoms with van der Waals surface area (Å²) in [7, 11) is 12.5. The summed E-state index contributed by atoms with van der Waals surface area (Å²) >= 11 is 0. The Hall–Kier alpha value is -15.6. The molecule has 0 saturated heterocycles. The van der Waals surface area contributed by atoms with Gasteiger partial charge in [-0.15, -0.1) is 0 Å². The maximum atomic E-state index is 10.9. The average molecular weight is 1460 g/mol. The number of allylic oxidation sites excluding steroid dienone is 4. The van der Waals surface area contributed by atoms with Crippen LogP contribution >= 0.6 is 0 Å². The number of aromatic amines is 2. The lowest BCUT2D eigenvalue weighted by Gasteiger charge is -2.42. The number of rotatable bonds is 8. The molecule has 8 aromatic carbocycles. The van der Waals surface area contributed by atoms with Gasteiger partial charge in [-0.2, -0.15) is 42.1 Å². The first-order valence-corrected chi connectivity index (χ1v) is 35.5. The molecule has 530 valence electrons. The van der Waals surface area contributed by atoms with Gasteiger partial charge in [-0.05, 0) is 186 Å². The summed E-state index contributed by atoms with van der Waals surface area (Å²) in [5.74, 6) is -1.71. The minimum Gasteiger partial charge on any atom is -0.493 e. The second-order valence-electron chi connectivity index (χ2n) is 28.7. The normalized spacial score (nSPS) is 18.9. The maximum Gasteiger partial charge on any atom is 0.161 e. The minimum absolute atomic E-state index is 0.163. The molecule has 0 amide bonds. The monoisotopic (exact) mass is 1460 g/mol. The molecule has 8 unspecified atom stereocenters. The van der Waals surface area contributed by atoms with Crippen LogP contribution in [0.1, 0.15) is 226 Å². The van der Waals surface area contributed by atoms with E-state index >= 15 is 0 Å². The maximum absolute atomic E-state index is 10.9. The summed E-state index contributed by atoms with van der Waals surface area (Å²) in [5, 5.41) is 87.3. The van der Waals surface area contributed by atoms with Crippen molar-refractivity contribution < 1.29 is 37.9 Å². The molecular formula is C88H50N16O8. The molecule has 11 aromatic rings. The highest BCUT2D eigenvalue weighted by Gasteiger charge is 2.54. The Balaban J connectivity index is 0.967. The highest BCUT2D eigenvalue weighted by Crippen LogP contribution is 2.68. The molecule has 0 fully saturated rings. The third-order valence-electron chi connectivity index (χ3n) is 24.4. The van der Waals surface area contributed by atoms with Gasteiger partial charge in [-0.1, -0.05) is 0 Å². The summed E-state index contributed by atoms with van der Waals surface area (Å²) in [5.41, 5.74) is 19.9. The Bertz CT molecular complexity index is 6260. The Morgan fingerprint density at radius 2 is 0.357 bits per heavy atom. The van der Waals surface area contributed by atoms with Gasteiger partial charge in [0.25, 0.3) is 0 Å². The number of fused-ring (bicyclic) bond motifs is 8. The number of aromatic nitrogens is 8. The molecule has 12 aliphatic carbocycles. The molecule has 112 heavy (non-hydrogen) atoms. The van der Waals surface area contributed by atoms with Crippen LogP contribution in [0.3, 0.4) is 0 Å². The number of hydrogen-bond donors (Lipinski definition) is 2. The van der Waals surface area contributed by atoms with Crippen molar-refractivity contribution in [3.05, 3.63) is 276 Å². The number of benzene rings is 8. The number of nitrogens with one attached hydrogen (secondary N) is 2. The van der Waals surface area contributed by atoms with E-state index in [9.17, 15) is 42.1 Å². The SMILES string of the molecule is COc1cc2c(cc1OC)C1C3=C(c4nc3nc3[nH]c(nc5nc(nc6[nH]c(n4)c4c6C6c7cc(C#N)c(C#N)cc7C4c4cc(OC)c(OC)cc46)C4=C5C5c6cc(C#N)c(C#N)cc6C4c4cc(OC)c(OC)cc45)c4c3C3c5cc(C#N)c(C#N)cc5C4c4cc(OC)c(OC)cc43)C2c2cc(C#N)c(C#N)cc21. The van der Waals surface area contributed by atoms with Crippen molar-refractivity contribution in [3.63, 3.8) is 0 Å². The van der Waals surface area contributed by atoms with Crippen LogP contribution in [0.4, 0.5) is 0 Å². The van der Waals surface area contributed by atoms with Gasteiger partial charge < -0.3 is 47.9 Å². The van der Waals surface area contributed by atoms with E-state index in [1.807, 2.05) is 48.5 Å². The Morgan fingerprint density at radius 3 is 0.509 bits per heavy atom. The molecule has 2 N–H and O–H groups in total. The Morgan fingerprint density at radius 1 is 0.214 bits per heavy atom. The standard InChI is InChI=1S/C88H50N16O8/c1-105-57-17-49-50(18-58(57)106-2)66-42-10-34(26-90)33(25-89)9-41(42)65(49)73-74(66)82-97-81(73)101-83-75-67-43-11-35(27-91)36(28-92)12-44(43)68(52-20-60(108-4)59(107-3)19-51(52)67)76(75)85(98-83)103-87-79-71-47-15-39(31-95)40(32-96)16-48(47)72(56-24-64(112-8)63(111-7)23-55(56)71)80(79)88(100-87)104-86-78-70-46-14-38(30-94)37(29-93)13-45(46)69(77(78)84(99-86)102-82)53-21-61(109-5)62(110-6)22-54(53)70/h9-24,65-72H,1-8H3,(H2,97,98,99,100,101,102,103,104). The van der Waals surface area contributed by atoms with Gasteiger partial charge in [0, 0.05) is 91.9 Å². The lowest BCUT2D eigenvalue weighted by Crippen LogP contribution is -2.28. The van der Waals surface area contributed by atoms with Crippen LogP contribution in [0.5, 0.6) is 46.0 Å². The molecular weight excluding hydrogens is 1410 g/mol. The van der Waals surface area contributed by atoms with E-state index in [4.69, 9.17) is 67.8 Å². The van der Waals surface area contributed by atoms with Crippen molar-refractivity contribution in [2.45, 2.75) is 47.3 Å². The lowest BCUT2D eigenvalue weighted by molar-refractivity contribution is 0.353. The van der Waals surface area contributed by atoms with E-state index in [2.05, 4.69) is 58.5 Å². The van der Waals surface area contributed by atoms with Crippen LogP contribution in [0.25, 0.3) is 44.9 Å². The molecule has 3 aromatic heterocycles. The van der Waals surface area contributed by atoms with Crippen LogP contribution in [0.2, 0.25) is 0 Å². The zero-order chi connectivity index (χ0) is 76.6. The number of nitrogens with zero attached hydrogens (tertiary/aromatic N) is 14. The van der Waals surface area contributed by atoms with E-state index < -0.39 is 47.3 Å². The fraction of sp³-hybridized carbons (Fsp3) is 0.182. The molecule has 14 aliphatic rings. The zero-order valence-electron chi connectivity index (χ0n) is 60.4. The molecule has 8 atom stereocenters. The van der Waals surface area contributed by atoms with Gasteiger partial charge >= 0.3 is 0 Å². The van der Waals surface area contributed by atoms with Gasteiger partial charge in [-0.3, -0.25) is 0 Å². The van der Waals surface area contributed by atoms with E-state index in [1.54, 1.807) is 105 Å². The predicted octanol–water partition coefficient (Wildman–Crippen LogP) is 13.3. The predicted molar refractivity (Wildman–Crippen MR) is 399 cm³/mol. The fourth-order valence-electron chi connectivity index (χ4n) is 20.1. The Labute approximate surface area is 636 Å². The second kappa shape index (κ2) is 23.0. The van der Waals surface area contributed by atoms with Crippen molar-refractivity contribution in [1.82, 2.24) is 39.9 Å². The van der Waals surface area contributed by atoms with Crippen molar-refractivity contribution in [1.29, 1.82) is 42.1 Å². The largest absolute Gasteiger partial charge is 0.493 e. The number of methoxy groups -OCH3 is 8. The molecule has 0 spiro atoms. The van der Waals surface area contributed by atoms with Crippen molar-refractivity contribution in [2.24, 2.45) is 0 Å². The molecule has 24 nitrogen and oxygen atoms in total. The highest BCUT2D eigenvalue weighted by molar-refractivity contribution is 6.06. The fourth-order valence-corrected chi connectivity index (χ4v) is 20.1. The summed E-state index contributed by atoms with van der Waals surface area (Å²) in [6.45, 7) is 0. The van der Waals surface area contributed by atoms with Crippen LogP contribution in [0, 0.1) is 90.6 Å². The Kier molecular flexibility index (Phi) is 13.3. The quantitative estimate of drug-likeness (QED) is 0.143. The first-order chi connectivity index (χ1) is 54.8. The van der Waals surface area contributed by atoms with E-state index in [0.29, 0.717) is 113 Å². The minimum atomic E-state index is -0.767. The molecule has 2 aliphatic heterocycles. The third-order valence-corrected chi connectivity index (χ3v) is 24.4. The number of ether oxygens (including phenoxy) is 8. The van der Waals surface area contributed by atoms with E-state index in [-0.39, 0.29) is 67.8 Å². The van der Waals surface area contributed by atoms with Crippen LogP contribution in [-0.4, -0.2) is 96.8 Å². The summed E-state index contributed by atoms with van der Waals surface area (Å²) in [6.07, 6.45) is 0.